The molecule has 0 aliphatic carbocycles. The van der Waals surface area contributed by atoms with E-state index in [2.05, 4.69) is 5.16 Å². The lowest BCUT2D eigenvalue weighted by Gasteiger charge is -1.96. The first-order chi connectivity index (χ1) is 5.83. The second kappa shape index (κ2) is 2.57. The number of hydrogen-bond donors (Lipinski definition) is 1. The van der Waals surface area contributed by atoms with Gasteiger partial charge < -0.3 is 10.3 Å². The Hall–Kier alpha value is -1.42. The van der Waals surface area contributed by atoms with E-state index in [1.165, 1.54) is 12.3 Å². The smallest absolute Gasteiger partial charge is 0.174 e. The first kappa shape index (κ1) is 7.24. The Morgan fingerprint density at radius 2 is 2.33 bits per heavy atom. The molecule has 12 heavy (non-hydrogen) atoms. The fourth-order valence-corrected chi connectivity index (χ4v) is 1.14. The number of nitrogens with two attached hydrogens (primary N) is 1. The molecule has 0 saturated carbocycles. The van der Waals surface area contributed by atoms with Crippen LogP contribution in [-0.4, -0.2) is 5.16 Å². The maximum Gasteiger partial charge on any atom is 0.174 e. The van der Waals surface area contributed by atoms with E-state index in [0.29, 0.717) is 17.5 Å². The van der Waals surface area contributed by atoms with E-state index in [1.807, 2.05) is 0 Å². The molecule has 0 unspecified atom stereocenters. The van der Waals surface area contributed by atoms with E-state index in [-0.39, 0.29) is 5.82 Å². The molecule has 4 heteroatoms. The van der Waals surface area contributed by atoms with Gasteiger partial charge in [0.15, 0.2) is 5.58 Å². The summed E-state index contributed by atoms with van der Waals surface area (Å²) in [7, 11) is 0. The van der Waals surface area contributed by atoms with Crippen LogP contribution in [-0.2, 0) is 6.54 Å². The lowest BCUT2D eigenvalue weighted by Crippen LogP contribution is -1.96. The standard InChI is InChI=1S/C8H7FN2O/c9-7-2-1-5(3-10)8-6(7)4-11-12-8/h1-2,4H,3,10H2. The molecule has 62 valence electrons. The number of hydrogen-bond acceptors (Lipinski definition) is 3. The van der Waals surface area contributed by atoms with Gasteiger partial charge in [-0.1, -0.05) is 11.2 Å². The SMILES string of the molecule is NCc1ccc(F)c2cnoc12. The van der Waals surface area contributed by atoms with Crippen molar-refractivity contribution in [2.45, 2.75) is 6.54 Å². The van der Waals surface area contributed by atoms with Crippen LogP contribution in [0.4, 0.5) is 4.39 Å². The van der Waals surface area contributed by atoms with Gasteiger partial charge in [-0.05, 0) is 6.07 Å². The third-order valence-electron chi connectivity index (χ3n) is 1.77. The van der Waals surface area contributed by atoms with Gasteiger partial charge in [0.1, 0.15) is 5.82 Å². The van der Waals surface area contributed by atoms with E-state index in [0.717, 1.165) is 5.56 Å². The highest BCUT2D eigenvalue weighted by molar-refractivity contribution is 5.79. The van der Waals surface area contributed by atoms with Crippen molar-refractivity contribution >= 4 is 11.0 Å². The van der Waals surface area contributed by atoms with Crippen LogP contribution in [0.5, 0.6) is 0 Å². The van der Waals surface area contributed by atoms with E-state index in [9.17, 15) is 4.39 Å². The van der Waals surface area contributed by atoms with Crippen molar-refractivity contribution in [3.63, 3.8) is 0 Å². The van der Waals surface area contributed by atoms with Crippen LogP contribution in [0.15, 0.2) is 22.9 Å². The number of benzene rings is 1. The molecule has 0 bridgehead atoms. The zero-order valence-electron chi connectivity index (χ0n) is 6.25. The molecule has 2 N–H and O–H groups in total. The molecule has 1 aromatic carbocycles. The van der Waals surface area contributed by atoms with Crippen molar-refractivity contribution in [3.8, 4) is 0 Å². The van der Waals surface area contributed by atoms with Crippen LogP contribution in [0, 0.1) is 5.82 Å². The largest absolute Gasteiger partial charge is 0.356 e. The molecule has 1 heterocycles. The second-order valence-electron chi connectivity index (χ2n) is 2.48. The first-order valence-electron chi connectivity index (χ1n) is 3.55. The quantitative estimate of drug-likeness (QED) is 0.697. The monoisotopic (exact) mass is 166 g/mol. The highest BCUT2D eigenvalue weighted by Crippen LogP contribution is 2.20. The summed E-state index contributed by atoms with van der Waals surface area (Å²) in [6.45, 7) is 0.325. The summed E-state index contributed by atoms with van der Waals surface area (Å²) in [5.74, 6) is -0.330. The summed E-state index contributed by atoms with van der Waals surface area (Å²) in [6.07, 6.45) is 1.35. The second-order valence-corrected chi connectivity index (χ2v) is 2.48. The van der Waals surface area contributed by atoms with Gasteiger partial charge in [0.25, 0.3) is 0 Å². The maximum atomic E-state index is 13.0. The Labute approximate surface area is 67.9 Å². The Bertz CT molecular complexity index is 410. The van der Waals surface area contributed by atoms with Crippen molar-refractivity contribution in [1.82, 2.24) is 5.16 Å². The van der Waals surface area contributed by atoms with Crippen LogP contribution in [0.25, 0.3) is 11.0 Å². The van der Waals surface area contributed by atoms with Gasteiger partial charge in [0.05, 0.1) is 11.6 Å². The van der Waals surface area contributed by atoms with Crippen molar-refractivity contribution in [2.75, 3.05) is 0 Å². The number of rotatable bonds is 1. The lowest BCUT2D eigenvalue weighted by atomic mass is 10.1. The summed E-state index contributed by atoms with van der Waals surface area (Å²) < 4.78 is 17.8. The molecule has 0 radical (unpaired) electrons. The molecular weight excluding hydrogens is 159 g/mol. The fraction of sp³-hybridized carbons (Fsp3) is 0.125. The summed E-state index contributed by atoms with van der Waals surface area (Å²) in [6, 6.07) is 2.96. The summed E-state index contributed by atoms with van der Waals surface area (Å²) in [4.78, 5) is 0. The molecule has 0 saturated heterocycles. The zero-order valence-corrected chi connectivity index (χ0v) is 6.25. The van der Waals surface area contributed by atoms with E-state index >= 15 is 0 Å². The molecule has 3 nitrogen and oxygen atoms in total. The Balaban J connectivity index is 2.82. The highest BCUT2D eigenvalue weighted by atomic mass is 19.1. The van der Waals surface area contributed by atoms with Crippen LogP contribution >= 0.6 is 0 Å². The predicted octanol–water partition coefficient (Wildman–Crippen LogP) is 1.43. The van der Waals surface area contributed by atoms with Crippen molar-refractivity contribution < 1.29 is 8.91 Å². The minimum atomic E-state index is -0.330. The van der Waals surface area contributed by atoms with Gasteiger partial charge in [-0.3, -0.25) is 0 Å². The number of fused-ring (bicyclic) bond motifs is 1. The van der Waals surface area contributed by atoms with Gasteiger partial charge in [-0.2, -0.15) is 0 Å². The van der Waals surface area contributed by atoms with Crippen molar-refractivity contribution in [2.24, 2.45) is 5.73 Å². The predicted molar refractivity (Wildman–Crippen MR) is 41.9 cm³/mol. The average Bonchev–Trinajstić information content (AvgIpc) is 2.54. The van der Waals surface area contributed by atoms with E-state index in [1.54, 1.807) is 6.07 Å². The molecule has 1 aromatic heterocycles. The molecule has 0 spiro atoms. The molecule has 0 amide bonds. The van der Waals surface area contributed by atoms with Crippen LogP contribution < -0.4 is 5.73 Å². The fourth-order valence-electron chi connectivity index (χ4n) is 1.14. The van der Waals surface area contributed by atoms with Gasteiger partial charge in [0, 0.05) is 12.1 Å². The first-order valence-corrected chi connectivity index (χ1v) is 3.55. The summed E-state index contributed by atoms with van der Waals surface area (Å²) >= 11 is 0. The minimum Gasteiger partial charge on any atom is -0.356 e. The Morgan fingerprint density at radius 3 is 3.08 bits per heavy atom. The highest BCUT2D eigenvalue weighted by Gasteiger charge is 2.08. The zero-order chi connectivity index (χ0) is 8.55. The minimum absolute atomic E-state index is 0.325. The number of nitrogens with zero attached hydrogens (tertiary/aromatic N) is 1. The topological polar surface area (TPSA) is 52.0 Å². The van der Waals surface area contributed by atoms with Crippen molar-refractivity contribution in [3.05, 3.63) is 29.7 Å². The van der Waals surface area contributed by atoms with Crippen LogP contribution in [0.2, 0.25) is 0 Å². The van der Waals surface area contributed by atoms with Gasteiger partial charge in [-0.25, -0.2) is 4.39 Å². The summed E-state index contributed by atoms with van der Waals surface area (Å²) in [5, 5.41) is 3.89. The Kier molecular flexibility index (Phi) is 1.55. The third kappa shape index (κ3) is 0.887. The number of aromatic nitrogens is 1. The molecule has 0 atom stereocenters. The van der Waals surface area contributed by atoms with E-state index < -0.39 is 0 Å². The molecule has 0 aliphatic rings. The van der Waals surface area contributed by atoms with Crippen LogP contribution in [0.3, 0.4) is 0 Å². The molecule has 0 aliphatic heterocycles. The molecule has 0 fully saturated rings. The lowest BCUT2D eigenvalue weighted by molar-refractivity contribution is 0.454. The third-order valence-corrected chi connectivity index (χ3v) is 1.77. The molecule has 2 rings (SSSR count). The normalized spacial score (nSPS) is 10.8. The van der Waals surface area contributed by atoms with Gasteiger partial charge in [-0.15, -0.1) is 0 Å². The van der Waals surface area contributed by atoms with E-state index in [4.69, 9.17) is 10.3 Å². The summed E-state index contributed by atoms with van der Waals surface area (Å²) in [5.41, 5.74) is 6.62. The number of halogens is 1. The maximum absolute atomic E-state index is 13.0. The van der Waals surface area contributed by atoms with Crippen LogP contribution in [0.1, 0.15) is 5.56 Å². The Morgan fingerprint density at radius 1 is 1.50 bits per heavy atom. The van der Waals surface area contributed by atoms with Crippen molar-refractivity contribution in [1.29, 1.82) is 0 Å². The molecule has 2 aromatic rings. The molecular formula is C8H7FN2O. The van der Waals surface area contributed by atoms with Gasteiger partial charge >= 0.3 is 0 Å². The average molecular weight is 166 g/mol. The van der Waals surface area contributed by atoms with Gasteiger partial charge in [0.2, 0.25) is 0 Å².